The maximum absolute atomic E-state index is 12.5. The molecule has 6 heteroatoms. The summed E-state index contributed by atoms with van der Waals surface area (Å²) in [5.41, 5.74) is 0.240. The van der Waals surface area contributed by atoms with Crippen LogP contribution in [0.1, 0.15) is 0 Å². The minimum absolute atomic E-state index is 0.240. The Morgan fingerprint density at radius 2 is 1.24 bits per heavy atom. The number of pyridine rings is 1. The quantitative estimate of drug-likeness (QED) is 0.715. The molecule has 0 spiro atoms. The van der Waals surface area contributed by atoms with E-state index in [2.05, 4.69) is 4.98 Å². The van der Waals surface area contributed by atoms with Crippen LogP contribution in [0.15, 0.2) is 85.2 Å². The van der Waals surface area contributed by atoms with Gasteiger partial charge < -0.3 is 9.47 Å². The van der Waals surface area contributed by atoms with E-state index < -0.39 is 12.2 Å². The van der Waals surface area contributed by atoms with Gasteiger partial charge in [-0.3, -0.25) is 4.98 Å². The van der Waals surface area contributed by atoms with E-state index in [4.69, 9.17) is 9.47 Å². The van der Waals surface area contributed by atoms with Crippen LogP contribution in [0.2, 0.25) is 0 Å². The molecule has 124 valence electrons. The Balaban J connectivity index is 1.85. The van der Waals surface area contributed by atoms with Gasteiger partial charge in [-0.1, -0.05) is 36.4 Å². The maximum atomic E-state index is 12.5. The third kappa shape index (κ3) is 4.20. The van der Waals surface area contributed by atoms with Crippen LogP contribution in [0.3, 0.4) is 0 Å². The van der Waals surface area contributed by atoms with Crippen molar-refractivity contribution in [2.45, 2.75) is 0 Å². The van der Waals surface area contributed by atoms with Crippen molar-refractivity contribution in [3.05, 3.63) is 85.2 Å². The molecule has 0 atom stereocenters. The molecule has 2 amide bonds. The summed E-state index contributed by atoms with van der Waals surface area (Å²) >= 11 is 0. The zero-order chi connectivity index (χ0) is 17.5. The van der Waals surface area contributed by atoms with E-state index in [1.165, 1.54) is 12.4 Å². The minimum Gasteiger partial charge on any atom is -0.410 e. The maximum Gasteiger partial charge on any atom is 0.429 e. The number of ether oxygens (including phenoxy) is 2. The molecule has 0 radical (unpaired) electrons. The van der Waals surface area contributed by atoms with Gasteiger partial charge in [0.1, 0.15) is 11.5 Å². The SMILES string of the molecule is O=C(Oc1ccccc1)N(C(=O)Oc1ccccc1)c1cccnc1. The molecule has 0 saturated heterocycles. The fraction of sp³-hybridized carbons (Fsp3) is 0. The molecular weight excluding hydrogens is 320 g/mol. The average Bonchev–Trinajstić information content (AvgIpc) is 2.64. The number of para-hydroxylation sites is 2. The number of amides is 2. The number of rotatable bonds is 3. The molecule has 3 rings (SSSR count). The van der Waals surface area contributed by atoms with Crippen LogP contribution >= 0.6 is 0 Å². The Bertz CT molecular complexity index is 786. The number of carbonyl (C=O) groups excluding carboxylic acids is 2. The molecule has 0 saturated carbocycles. The largest absolute Gasteiger partial charge is 0.429 e. The molecular formula is C19H14N2O4. The Morgan fingerprint density at radius 3 is 1.68 bits per heavy atom. The number of hydrogen-bond donors (Lipinski definition) is 0. The van der Waals surface area contributed by atoms with Crippen LogP contribution in [0.25, 0.3) is 0 Å². The fourth-order valence-electron chi connectivity index (χ4n) is 2.04. The van der Waals surface area contributed by atoms with Crippen LogP contribution in [-0.4, -0.2) is 17.2 Å². The molecule has 0 unspecified atom stereocenters. The van der Waals surface area contributed by atoms with Gasteiger partial charge in [0.2, 0.25) is 0 Å². The summed E-state index contributed by atoms with van der Waals surface area (Å²) in [6.07, 6.45) is 1.13. The van der Waals surface area contributed by atoms with Crippen LogP contribution in [0, 0.1) is 0 Å². The molecule has 3 aromatic rings. The van der Waals surface area contributed by atoms with E-state index in [-0.39, 0.29) is 5.69 Å². The molecule has 0 aliphatic rings. The van der Waals surface area contributed by atoms with Crippen molar-refractivity contribution in [2.75, 3.05) is 4.90 Å². The minimum atomic E-state index is -0.889. The summed E-state index contributed by atoms with van der Waals surface area (Å²) in [6.45, 7) is 0. The van der Waals surface area contributed by atoms with Crippen molar-refractivity contribution in [1.82, 2.24) is 4.98 Å². The van der Waals surface area contributed by atoms with E-state index in [1.807, 2.05) is 0 Å². The molecule has 1 heterocycles. The monoisotopic (exact) mass is 334 g/mol. The highest BCUT2D eigenvalue weighted by atomic mass is 16.6. The summed E-state index contributed by atoms with van der Waals surface area (Å²) < 4.78 is 10.5. The van der Waals surface area contributed by atoms with E-state index >= 15 is 0 Å². The van der Waals surface area contributed by atoms with Gasteiger partial charge in [-0.25, -0.2) is 9.59 Å². The number of hydrogen-bond acceptors (Lipinski definition) is 5. The zero-order valence-electron chi connectivity index (χ0n) is 13.1. The predicted octanol–water partition coefficient (Wildman–Crippen LogP) is 4.29. The van der Waals surface area contributed by atoms with Crippen LogP contribution in [0.5, 0.6) is 11.5 Å². The highest BCUT2D eigenvalue weighted by Crippen LogP contribution is 2.19. The Hall–Kier alpha value is -3.67. The van der Waals surface area contributed by atoms with Crippen molar-refractivity contribution in [2.24, 2.45) is 0 Å². The fourth-order valence-corrected chi connectivity index (χ4v) is 2.04. The molecule has 0 bridgehead atoms. The average molecular weight is 334 g/mol. The third-order valence-corrected chi connectivity index (χ3v) is 3.17. The number of nitrogens with zero attached hydrogens (tertiary/aromatic N) is 2. The molecule has 0 aliphatic heterocycles. The lowest BCUT2D eigenvalue weighted by atomic mass is 10.3. The summed E-state index contributed by atoms with van der Waals surface area (Å²) in [6, 6.07) is 20.1. The van der Waals surface area contributed by atoms with Gasteiger partial charge in [0.05, 0.1) is 11.9 Å². The number of benzene rings is 2. The molecule has 0 aliphatic carbocycles. The highest BCUT2D eigenvalue weighted by Gasteiger charge is 2.28. The molecule has 0 fully saturated rings. The lowest BCUT2D eigenvalue weighted by Crippen LogP contribution is -2.41. The zero-order valence-corrected chi connectivity index (χ0v) is 13.1. The predicted molar refractivity (Wildman–Crippen MR) is 91.6 cm³/mol. The first kappa shape index (κ1) is 16.2. The molecule has 2 aromatic carbocycles. The first-order chi connectivity index (χ1) is 12.2. The van der Waals surface area contributed by atoms with E-state index in [0.29, 0.717) is 11.5 Å². The lowest BCUT2D eigenvalue weighted by Gasteiger charge is -2.19. The Morgan fingerprint density at radius 1 is 0.720 bits per heavy atom. The summed E-state index contributed by atoms with van der Waals surface area (Å²) in [5, 5.41) is 0. The summed E-state index contributed by atoms with van der Waals surface area (Å²) in [4.78, 5) is 29.8. The second-order valence-electron chi connectivity index (χ2n) is 4.91. The van der Waals surface area contributed by atoms with Crippen molar-refractivity contribution in [3.63, 3.8) is 0 Å². The van der Waals surface area contributed by atoms with Crippen LogP contribution in [-0.2, 0) is 0 Å². The van der Waals surface area contributed by atoms with Gasteiger partial charge in [-0.15, -0.1) is 0 Å². The molecule has 6 nitrogen and oxygen atoms in total. The van der Waals surface area contributed by atoms with Gasteiger partial charge in [0, 0.05) is 6.20 Å². The Labute approximate surface area is 144 Å². The smallest absolute Gasteiger partial charge is 0.410 e. The second-order valence-corrected chi connectivity index (χ2v) is 4.91. The lowest BCUT2D eigenvalue weighted by molar-refractivity contribution is 0.191. The van der Waals surface area contributed by atoms with Crippen LogP contribution < -0.4 is 14.4 Å². The van der Waals surface area contributed by atoms with Crippen LogP contribution in [0.4, 0.5) is 15.3 Å². The van der Waals surface area contributed by atoms with Crippen molar-refractivity contribution in [3.8, 4) is 11.5 Å². The van der Waals surface area contributed by atoms with Gasteiger partial charge in [-0.2, -0.15) is 4.90 Å². The summed E-state index contributed by atoms with van der Waals surface area (Å²) in [7, 11) is 0. The number of aromatic nitrogens is 1. The molecule has 25 heavy (non-hydrogen) atoms. The standard InChI is InChI=1S/C19H14N2O4/c22-18(24-16-9-3-1-4-10-16)21(15-8-7-13-20-14-15)19(23)25-17-11-5-2-6-12-17/h1-14H. The van der Waals surface area contributed by atoms with E-state index in [0.717, 1.165) is 4.90 Å². The van der Waals surface area contributed by atoms with Gasteiger partial charge >= 0.3 is 12.2 Å². The van der Waals surface area contributed by atoms with E-state index in [9.17, 15) is 9.59 Å². The first-order valence-electron chi connectivity index (χ1n) is 7.48. The topological polar surface area (TPSA) is 68.7 Å². The van der Waals surface area contributed by atoms with Crippen molar-refractivity contribution in [1.29, 1.82) is 0 Å². The van der Waals surface area contributed by atoms with Gasteiger partial charge in [-0.05, 0) is 36.4 Å². The normalized spacial score (nSPS) is 9.92. The number of imide groups is 1. The highest BCUT2D eigenvalue weighted by molar-refractivity contribution is 6.10. The Kier molecular flexibility index (Phi) is 5.01. The van der Waals surface area contributed by atoms with Crippen molar-refractivity contribution < 1.29 is 19.1 Å². The van der Waals surface area contributed by atoms with E-state index in [1.54, 1.807) is 72.8 Å². The second kappa shape index (κ2) is 7.74. The molecule has 0 N–H and O–H groups in total. The summed E-state index contributed by atoms with van der Waals surface area (Å²) in [5.74, 6) is 0.628. The number of anilines is 1. The van der Waals surface area contributed by atoms with Gasteiger partial charge in [0.15, 0.2) is 0 Å². The molecule has 1 aromatic heterocycles. The number of carbonyl (C=O) groups is 2. The third-order valence-electron chi connectivity index (χ3n) is 3.17. The van der Waals surface area contributed by atoms with Crippen molar-refractivity contribution >= 4 is 17.9 Å². The first-order valence-corrected chi connectivity index (χ1v) is 7.48. The van der Waals surface area contributed by atoms with Gasteiger partial charge in [0.25, 0.3) is 0 Å².